The van der Waals surface area contributed by atoms with Crippen molar-refractivity contribution in [2.45, 2.75) is 58.7 Å². The second kappa shape index (κ2) is 6.17. The van der Waals surface area contributed by atoms with Gasteiger partial charge < -0.3 is 4.90 Å². The number of hydrogen-bond donors (Lipinski definition) is 0. The summed E-state index contributed by atoms with van der Waals surface area (Å²) in [5, 5.41) is 3.60. The minimum atomic E-state index is -4.47. The van der Waals surface area contributed by atoms with Crippen LogP contribution in [0, 0.1) is 5.41 Å². The van der Waals surface area contributed by atoms with E-state index < -0.39 is 17.3 Å². The van der Waals surface area contributed by atoms with Gasteiger partial charge in [0.05, 0.1) is 11.7 Å². The van der Waals surface area contributed by atoms with E-state index in [1.807, 2.05) is 20.8 Å². The molecule has 4 nitrogen and oxygen atoms in total. The monoisotopic (exact) mass is 331 g/mol. The van der Waals surface area contributed by atoms with Gasteiger partial charge in [0, 0.05) is 19.0 Å². The summed E-state index contributed by atoms with van der Waals surface area (Å²) < 4.78 is 40.0. The number of alkyl halides is 3. The summed E-state index contributed by atoms with van der Waals surface area (Å²) in [6, 6.07) is 0.733. The second-order valence-electron chi connectivity index (χ2n) is 7.19. The molecular weight excluding hydrogens is 307 g/mol. The fourth-order valence-corrected chi connectivity index (χ4v) is 3.02. The van der Waals surface area contributed by atoms with E-state index in [0.29, 0.717) is 18.7 Å². The van der Waals surface area contributed by atoms with E-state index in [2.05, 4.69) is 5.10 Å². The molecule has 1 unspecified atom stereocenters. The summed E-state index contributed by atoms with van der Waals surface area (Å²) in [7, 11) is 1.51. The standard InChI is InChI=1S/C16H24F3N3O/c1-15(2,3)14(23)22-9-7-5-6-8-11(22)12-10-13(16(17,18)19)20-21(12)4/h10-11H,5-9H2,1-4H3. The first-order valence-corrected chi connectivity index (χ1v) is 7.94. The molecule has 130 valence electrons. The van der Waals surface area contributed by atoms with Crippen LogP contribution in [0.2, 0.25) is 0 Å². The lowest BCUT2D eigenvalue weighted by Crippen LogP contribution is -2.42. The Morgan fingerprint density at radius 3 is 2.39 bits per heavy atom. The maximum atomic E-state index is 12.9. The van der Waals surface area contributed by atoms with Crippen molar-refractivity contribution in [3.8, 4) is 0 Å². The van der Waals surface area contributed by atoms with Gasteiger partial charge in [0.25, 0.3) is 0 Å². The molecular formula is C16H24F3N3O. The van der Waals surface area contributed by atoms with E-state index in [1.165, 1.54) is 11.7 Å². The molecule has 2 heterocycles. The Bertz CT molecular complexity index is 572. The average Bonchev–Trinajstić information content (AvgIpc) is 2.66. The number of aromatic nitrogens is 2. The number of aryl methyl sites for hydroxylation is 1. The Labute approximate surface area is 134 Å². The third-order valence-corrected chi connectivity index (χ3v) is 4.20. The minimum absolute atomic E-state index is 0.0286. The minimum Gasteiger partial charge on any atom is -0.334 e. The fourth-order valence-electron chi connectivity index (χ4n) is 3.02. The summed E-state index contributed by atoms with van der Waals surface area (Å²) >= 11 is 0. The molecule has 2 rings (SSSR count). The number of hydrogen-bond acceptors (Lipinski definition) is 2. The topological polar surface area (TPSA) is 38.1 Å². The van der Waals surface area contributed by atoms with Gasteiger partial charge in [-0.2, -0.15) is 18.3 Å². The van der Waals surface area contributed by atoms with Crippen molar-refractivity contribution in [3.05, 3.63) is 17.5 Å². The summed E-state index contributed by atoms with van der Waals surface area (Å²) in [4.78, 5) is 14.5. The third-order valence-electron chi connectivity index (χ3n) is 4.20. The first kappa shape index (κ1) is 17.8. The van der Waals surface area contributed by atoms with Crippen LogP contribution in [-0.2, 0) is 18.0 Å². The number of amides is 1. The lowest BCUT2D eigenvalue weighted by molar-refractivity contribution is -0.142. The lowest BCUT2D eigenvalue weighted by atomic mass is 9.93. The molecule has 0 bridgehead atoms. The largest absolute Gasteiger partial charge is 0.435 e. The van der Waals surface area contributed by atoms with Gasteiger partial charge in [-0.1, -0.05) is 33.6 Å². The molecule has 0 aromatic carbocycles. The van der Waals surface area contributed by atoms with Gasteiger partial charge in [0.1, 0.15) is 0 Å². The third kappa shape index (κ3) is 3.87. The van der Waals surface area contributed by atoms with Gasteiger partial charge in [-0.05, 0) is 18.9 Å². The maximum absolute atomic E-state index is 12.9. The number of carbonyl (C=O) groups is 1. The molecule has 0 radical (unpaired) electrons. The van der Waals surface area contributed by atoms with Crippen LogP contribution in [0.5, 0.6) is 0 Å². The number of nitrogens with zero attached hydrogens (tertiary/aromatic N) is 3. The van der Waals surface area contributed by atoms with Crippen LogP contribution in [0.15, 0.2) is 6.07 Å². The average molecular weight is 331 g/mol. The smallest absolute Gasteiger partial charge is 0.334 e. The number of halogens is 3. The highest BCUT2D eigenvalue weighted by molar-refractivity contribution is 5.82. The summed E-state index contributed by atoms with van der Waals surface area (Å²) in [6.07, 6.45) is -1.06. The molecule has 0 N–H and O–H groups in total. The molecule has 1 atom stereocenters. The molecule has 7 heteroatoms. The summed E-state index contributed by atoms with van der Waals surface area (Å²) in [5.41, 5.74) is -1.01. The van der Waals surface area contributed by atoms with Crippen LogP contribution in [0.25, 0.3) is 0 Å². The van der Waals surface area contributed by atoms with E-state index in [4.69, 9.17) is 0 Å². The van der Waals surface area contributed by atoms with Gasteiger partial charge >= 0.3 is 6.18 Å². The predicted molar refractivity (Wildman–Crippen MR) is 80.6 cm³/mol. The molecule has 1 amide bonds. The van der Waals surface area contributed by atoms with Crippen molar-refractivity contribution in [3.63, 3.8) is 0 Å². The van der Waals surface area contributed by atoms with Gasteiger partial charge in [0.15, 0.2) is 5.69 Å². The normalized spacial score (nSPS) is 20.5. The quantitative estimate of drug-likeness (QED) is 0.782. The van der Waals surface area contributed by atoms with Crippen LogP contribution >= 0.6 is 0 Å². The molecule has 0 saturated carbocycles. The van der Waals surface area contributed by atoms with E-state index in [0.717, 1.165) is 25.3 Å². The molecule has 0 aliphatic carbocycles. The van der Waals surface area contributed by atoms with Crippen molar-refractivity contribution in [1.82, 2.24) is 14.7 Å². The molecule has 1 saturated heterocycles. The van der Waals surface area contributed by atoms with Crippen molar-refractivity contribution in [1.29, 1.82) is 0 Å². The fraction of sp³-hybridized carbons (Fsp3) is 0.750. The summed E-state index contributed by atoms with van der Waals surface area (Å²) in [5.74, 6) is -0.0286. The van der Waals surface area contributed by atoms with Crippen LogP contribution in [-0.4, -0.2) is 27.1 Å². The van der Waals surface area contributed by atoms with Gasteiger partial charge in [-0.15, -0.1) is 0 Å². The van der Waals surface area contributed by atoms with E-state index in [1.54, 1.807) is 4.90 Å². The molecule has 1 fully saturated rings. The van der Waals surface area contributed by atoms with Crippen LogP contribution < -0.4 is 0 Å². The first-order chi connectivity index (χ1) is 10.5. The van der Waals surface area contributed by atoms with Crippen LogP contribution in [0.3, 0.4) is 0 Å². The van der Waals surface area contributed by atoms with Crippen LogP contribution in [0.1, 0.15) is 63.9 Å². The zero-order chi connectivity index (χ0) is 17.4. The molecule has 1 aliphatic heterocycles. The number of likely N-dealkylation sites (tertiary alicyclic amines) is 1. The lowest BCUT2D eigenvalue weighted by Gasteiger charge is -2.35. The maximum Gasteiger partial charge on any atom is 0.435 e. The zero-order valence-electron chi connectivity index (χ0n) is 14.1. The van der Waals surface area contributed by atoms with Gasteiger partial charge in [-0.3, -0.25) is 9.48 Å². The second-order valence-corrected chi connectivity index (χ2v) is 7.19. The van der Waals surface area contributed by atoms with E-state index >= 15 is 0 Å². The van der Waals surface area contributed by atoms with Gasteiger partial charge in [-0.25, -0.2) is 0 Å². The van der Waals surface area contributed by atoms with E-state index in [9.17, 15) is 18.0 Å². The Kier molecular flexibility index (Phi) is 4.78. The highest BCUT2D eigenvalue weighted by atomic mass is 19.4. The molecule has 1 aliphatic rings. The first-order valence-electron chi connectivity index (χ1n) is 7.94. The SMILES string of the molecule is Cn1nc(C(F)(F)F)cc1C1CCCCCN1C(=O)C(C)(C)C. The Morgan fingerprint density at radius 2 is 1.87 bits per heavy atom. The Morgan fingerprint density at radius 1 is 1.22 bits per heavy atom. The van der Waals surface area contributed by atoms with E-state index in [-0.39, 0.29) is 11.9 Å². The van der Waals surface area contributed by atoms with Crippen molar-refractivity contribution in [2.75, 3.05) is 6.54 Å². The molecule has 1 aromatic rings. The highest BCUT2D eigenvalue weighted by Gasteiger charge is 2.38. The Hall–Kier alpha value is -1.53. The predicted octanol–water partition coefficient (Wildman–Crippen LogP) is 3.93. The number of rotatable bonds is 1. The zero-order valence-corrected chi connectivity index (χ0v) is 14.1. The van der Waals surface area contributed by atoms with Crippen molar-refractivity contribution < 1.29 is 18.0 Å². The summed E-state index contributed by atoms with van der Waals surface area (Å²) in [6.45, 7) is 6.08. The molecule has 1 aromatic heterocycles. The molecule has 23 heavy (non-hydrogen) atoms. The van der Waals surface area contributed by atoms with Crippen LogP contribution in [0.4, 0.5) is 13.2 Å². The number of carbonyl (C=O) groups excluding carboxylic acids is 1. The van der Waals surface area contributed by atoms with Gasteiger partial charge in [0.2, 0.25) is 5.91 Å². The van der Waals surface area contributed by atoms with Crippen molar-refractivity contribution in [2.24, 2.45) is 12.5 Å². The highest BCUT2D eigenvalue weighted by Crippen LogP contribution is 2.36. The van der Waals surface area contributed by atoms with Crippen molar-refractivity contribution >= 4 is 5.91 Å². The molecule has 0 spiro atoms. The Balaban J connectivity index is 2.40.